The molecule has 0 aromatic heterocycles. The highest BCUT2D eigenvalue weighted by molar-refractivity contribution is 4.83. The Hall–Kier alpha value is -0.0800. The molecule has 12 heavy (non-hydrogen) atoms. The molecule has 0 amide bonds. The smallest absolute Gasteiger partial charge is 0.0510 e. The Balaban J connectivity index is 1.80. The average Bonchev–Trinajstić information content (AvgIpc) is 2.58. The van der Waals surface area contributed by atoms with E-state index in [9.17, 15) is 0 Å². The summed E-state index contributed by atoms with van der Waals surface area (Å²) in [7, 11) is 0. The summed E-state index contributed by atoms with van der Waals surface area (Å²) >= 11 is 0. The van der Waals surface area contributed by atoms with Crippen LogP contribution in [0.15, 0.2) is 0 Å². The van der Waals surface area contributed by atoms with Crippen molar-refractivity contribution in [2.45, 2.75) is 32.2 Å². The lowest BCUT2D eigenvalue weighted by atomic mass is 9.88. The highest BCUT2D eigenvalue weighted by Crippen LogP contribution is 2.24. The topological polar surface area (TPSA) is 21.3 Å². The normalized spacial score (nSPS) is 43.2. The molecule has 2 heteroatoms. The van der Waals surface area contributed by atoms with Crippen LogP contribution in [0.3, 0.4) is 0 Å². The van der Waals surface area contributed by atoms with E-state index in [-0.39, 0.29) is 0 Å². The predicted octanol–water partition coefficient (Wildman–Crippen LogP) is 1.41. The van der Waals surface area contributed by atoms with Gasteiger partial charge in [0, 0.05) is 12.6 Å². The van der Waals surface area contributed by atoms with Crippen molar-refractivity contribution >= 4 is 0 Å². The molecular formula is C10H19NO. The third-order valence-electron chi connectivity index (χ3n) is 3.23. The number of hydrogen-bond donors (Lipinski definition) is 1. The zero-order valence-electron chi connectivity index (χ0n) is 7.88. The second kappa shape index (κ2) is 3.75. The fourth-order valence-electron chi connectivity index (χ4n) is 2.29. The first-order chi connectivity index (χ1) is 5.86. The van der Waals surface area contributed by atoms with Crippen LogP contribution in [0.2, 0.25) is 0 Å². The summed E-state index contributed by atoms with van der Waals surface area (Å²) in [6.45, 7) is 5.51. The molecule has 2 saturated heterocycles. The molecule has 0 spiro atoms. The summed E-state index contributed by atoms with van der Waals surface area (Å²) < 4.78 is 5.40. The minimum Gasteiger partial charge on any atom is -0.381 e. The van der Waals surface area contributed by atoms with Gasteiger partial charge >= 0.3 is 0 Å². The number of ether oxygens (including phenoxy) is 1. The Morgan fingerprint density at radius 2 is 2.17 bits per heavy atom. The molecule has 3 atom stereocenters. The van der Waals surface area contributed by atoms with Crippen molar-refractivity contribution in [3.63, 3.8) is 0 Å². The number of rotatable bonds is 1. The van der Waals surface area contributed by atoms with E-state index in [1.165, 1.54) is 25.8 Å². The zero-order chi connectivity index (χ0) is 8.39. The standard InChI is InChI=1S/C10H19NO/c1-8-2-3-10(11-6-8)9-4-5-12-7-9/h8-11H,2-7H2,1H3. The van der Waals surface area contributed by atoms with Crippen LogP contribution in [-0.4, -0.2) is 25.8 Å². The van der Waals surface area contributed by atoms with Crippen molar-refractivity contribution in [2.24, 2.45) is 11.8 Å². The molecule has 2 heterocycles. The van der Waals surface area contributed by atoms with Crippen LogP contribution < -0.4 is 5.32 Å². The van der Waals surface area contributed by atoms with Gasteiger partial charge in [0.05, 0.1) is 6.61 Å². The van der Waals surface area contributed by atoms with Crippen LogP contribution in [0.1, 0.15) is 26.2 Å². The van der Waals surface area contributed by atoms with Crippen molar-refractivity contribution in [1.82, 2.24) is 5.32 Å². The van der Waals surface area contributed by atoms with E-state index in [0.29, 0.717) is 0 Å². The maximum atomic E-state index is 5.40. The Labute approximate surface area is 74.7 Å². The second-order valence-corrected chi connectivity index (χ2v) is 4.32. The average molecular weight is 169 g/mol. The lowest BCUT2D eigenvalue weighted by molar-refractivity contribution is 0.167. The van der Waals surface area contributed by atoms with Crippen LogP contribution in [0.4, 0.5) is 0 Å². The maximum absolute atomic E-state index is 5.40. The van der Waals surface area contributed by atoms with E-state index < -0.39 is 0 Å². The van der Waals surface area contributed by atoms with Crippen molar-refractivity contribution in [2.75, 3.05) is 19.8 Å². The van der Waals surface area contributed by atoms with Gasteiger partial charge in [0.2, 0.25) is 0 Å². The summed E-state index contributed by atoms with van der Waals surface area (Å²) in [6.07, 6.45) is 4.02. The summed E-state index contributed by atoms with van der Waals surface area (Å²) in [5, 5.41) is 3.63. The van der Waals surface area contributed by atoms with Crippen LogP contribution in [0.25, 0.3) is 0 Å². The van der Waals surface area contributed by atoms with E-state index in [4.69, 9.17) is 4.74 Å². The quantitative estimate of drug-likeness (QED) is 0.641. The molecule has 2 aliphatic heterocycles. The Morgan fingerprint density at radius 1 is 1.25 bits per heavy atom. The van der Waals surface area contributed by atoms with Crippen LogP contribution >= 0.6 is 0 Å². The van der Waals surface area contributed by atoms with Gasteiger partial charge in [-0.25, -0.2) is 0 Å². The highest BCUT2D eigenvalue weighted by Gasteiger charge is 2.28. The lowest BCUT2D eigenvalue weighted by Crippen LogP contribution is -2.43. The Bertz CT molecular complexity index is 135. The van der Waals surface area contributed by atoms with Gasteiger partial charge in [-0.15, -0.1) is 0 Å². The first kappa shape index (κ1) is 8.52. The van der Waals surface area contributed by atoms with Crippen molar-refractivity contribution in [3.8, 4) is 0 Å². The van der Waals surface area contributed by atoms with Crippen molar-refractivity contribution < 1.29 is 4.74 Å². The maximum Gasteiger partial charge on any atom is 0.0510 e. The molecule has 0 radical (unpaired) electrons. The van der Waals surface area contributed by atoms with E-state index >= 15 is 0 Å². The zero-order valence-corrected chi connectivity index (χ0v) is 7.88. The van der Waals surface area contributed by atoms with Gasteiger partial charge in [-0.1, -0.05) is 6.92 Å². The number of piperidine rings is 1. The Morgan fingerprint density at radius 3 is 2.75 bits per heavy atom. The van der Waals surface area contributed by atoms with Gasteiger partial charge in [0.1, 0.15) is 0 Å². The third kappa shape index (κ3) is 1.80. The van der Waals surface area contributed by atoms with Gasteiger partial charge in [-0.05, 0) is 37.6 Å². The van der Waals surface area contributed by atoms with Gasteiger partial charge in [-0.3, -0.25) is 0 Å². The second-order valence-electron chi connectivity index (χ2n) is 4.32. The van der Waals surface area contributed by atoms with E-state index in [0.717, 1.165) is 31.1 Å². The van der Waals surface area contributed by atoms with Crippen molar-refractivity contribution in [3.05, 3.63) is 0 Å². The predicted molar refractivity (Wildman–Crippen MR) is 49.1 cm³/mol. The molecule has 0 aliphatic carbocycles. The molecule has 0 aromatic rings. The van der Waals surface area contributed by atoms with Crippen LogP contribution in [0, 0.1) is 11.8 Å². The lowest BCUT2D eigenvalue weighted by Gasteiger charge is -2.31. The van der Waals surface area contributed by atoms with Crippen LogP contribution in [0.5, 0.6) is 0 Å². The number of nitrogens with one attached hydrogen (secondary N) is 1. The fourth-order valence-corrected chi connectivity index (χ4v) is 2.29. The van der Waals surface area contributed by atoms with Gasteiger partial charge in [0.25, 0.3) is 0 Å². The van der Waals surface area contributed by atoms with Gasteiger partial charge in [-0.2, -0.15) is 0 Å². The summed E-state index contributed by atoms with van der Waals surface area (Å²) in [5.74, 6) is 1.68. The third-order valence-corrected chi connectivity index (χ3v) is 3.23. The SMILES string of the molecule is CC1CCC(C2CCOC2)NC1. The molecule has 2 fully saturated rings. The molecule has 0 saturated carbocycles. The largest absolute Gasteiger partial charge is 0.381 e. The minimum absolute atomic E-state index is 0.753. The Kier molecular flexibility index (Phi) is 2.66. The van der Waals surface area contributed by atoms with Gasteiger partial charge < -0.3 is 10.1 Å². The first-order valence-corrected chi connectivity index (χ1v) is 5.17. The molecule has 2 aliphatic rings. The molecule has 2 nitrogen and oxygen atoms in total. The molecule has 0 bridgehead atoms. The molecule has 70 valence electrons. The summed E-state index contributed by atoms with van der Waals surface area (Å²) in [6, 6.07) is 0.753. The molecule has 2 rings (SSSR count). The molecule has 0 aromatic carbocycles. The fraction of sp³-hybridized carbons (Fsp3) is 1.00. The van der Waals surface area contributed by atoms with Gasteiger partial charge in [0.15, 0.2) is 0 Å². The summed E-state index contributed by atoms with van der Waals surface area (Å²) in [5.41, 5.74) is 0. The highest BCUT2D eigenvalue weighted by atomic mass is 16.5. The summed E-state index contributed by atoms with van der Waals surface area (Å²) in [4.78, 5) is 0. The minimum atomic E-state index is 0.753. The molecule has 3 unspecified atom stereocenters. The monoisotopic (exact) mass is 169 g/mol. The first-order valence-electron chi connectivity index (χ1n) is 5.17. The van der Waals surface area contributed by atoms with E-state index in [1.807, 2.05) is 0 Å². The molecular weight excluding hydrogens is 150 g/mol. The molecule has 1 N–H and O–H groups in total. The van der Waals surface area contributed by atoms with Crippen molar-refractivity contribution in [1.29, 1.82) is 0 Å². The van der Waals surface area contributed by atoms with Crippen LogP contribution in [-0.2, 0) is 4.74 Å². The van der Waals surface area contributed by atoms with E-state index in [2.05, 4.69) is 12.2 Å². The van der Waals surface area contributed by atoms with E-state index in [1.54, 1.807) is 0 Å². The number of hydrogen-bond acceptors (Lipinski definition) is 2.